The van der Waals surface area contributed by atoms with E-state index >= 15 is 0 Å². The molecule has 1 amide bonds. The Morgan fingerprint density at radius 3 is 2.33 bits per heavy atom. The van der Waals surface area contributed by atoms with Crippen molar-refractivity contribution in [1.82, 2.24) is 4.98 Å². The number of rotatable bonds is 7. The van der Waals surface area contributed by atoms with Crippen molar-refractivity contribution >= 4 is 38.1 Å². The van der Waals surface area contributed by atoms with Gasteiger partial charge in [-0.05, 0) is 60.7 Å². The molecule has 1 heterocycles. The standard InChI is InChI=1S/C25H20F3N3O4S/c1-35-21-11-9-20(10-12-21)31(16-24(32)30-19-7-5-18(6-8-19)25(26,27)28)36(33,34)23-4-2-3-17-15-29-14-13-22(17)23/h2-15H,16H2,1H3,(H,30,32). The molecule has 0 unspecified atom stereocenters. The zero-order valence-electron chi connectivity index (χ0n) is 18.9. The smallest absolute Gasteiger partial charge is 0.416 e. The van der Waals surface area contributed by atoms with Crippen molar-refractivity contribution in [2.45, 2.75) is 11.1 Å². The van der Waals surface area contributed by atoms with E-state index in [2.05, 4.69) is 10.3 Å². The van der Waals surface area contributed by atoms with Gasteiger partial charge in [0.1, 0.15) is 12.3 Å². The Morgan fingerprint density at radius 2 is 1.69 bits per heavy atom. The fourth-order valence-corrected chi connectivity index (χ4v) is 5.21. The molecule has 1 N–H and O–H groups in total. The lowest BCUT2D eigenvalue weighted by molar-refractivity contribution is -0.137. The molecule has 0 aliphatic heterocycles. The minimum Gasteiger partial charge on any atom is -0.497 e. The van der Waals surface area contributed by atoms with E-state index in [4.69, 9.17) is 4.74 Å². The molecule has 186 valence electrons. The molecular weight excluding hydrogens is 495 g/mol. The van der Waals surface area contributed by atoms with Crippen LogP contribution < -0.4 is 14.4 Å². The summed E-state index contributed by atoms with van der Waals surface area (Å²) < 4.78 is 72.2. The number of anilines is 2. The van der Waals surface area contributed by atoms with Crippen LogP contribution in [0, 0.1) is 0 Å². The highest BCUT2D eigenvalue weighted by atomic mass is 32.2. The average Bonchev–Trinajstić information content (AvgIpc) is 2.86. The molecule has 11 heteroatoms. The van der Waals surface area contributed by atoms with E-state index in [9.17, 15) is 26.4 Å². The SMILES string of the molecule is COc1ccc(N(CC(=O)Nc2ccc(C(F)(F)F)cc2)S(=O)(=O)c2cccc3cnccc23)cc1. The van der Waals surface area contributed by atoms with Gasteiger partial charge in [0.25, 0.3) is 10.0 Å². The fourth-order valence-electron chi connectivity index (χ4n) is 3.57. The molecule has 0 atom stereocenters. The molecule has 1 aromatic heterocycles. The molecule has 36 heavy (non-hydrogen) atoms. The number of hydrogen-bond acceptors (Lipinski definition) is 5. The van der Waals surface area contributed by atoms with Crippen molar-refractivity contribution in [3.8, 4) is 5.75 Å². The largest absolute Gasteiger partial charge is 0.497 e. The lowest BCUT2D eigenvalue weighted by Gasteiger charge is -2.25. The van der Waals surface area contributed by atoms with Crippen LogP contribution >= 0.6 is 0 Å². The van der Waals surface area contributed by atoms with Crippen LogP contribution in [0.2, 0.25) is 0 Å². The maximum Gasteiger partial charge on any atom is 0.416 e. The monoisotopic (exact) mass is 515 g/mol. The quantitative estimate of drug-likeness (QED) is 0.370. The molecule has 0 aliphatic carbocycles. The zero-order chi connectivity index (χ0) is 25.9. The summed E-state index contributed by atoms with van der Waals surface area (Å²) in [7, 11) is -2.80. The van der Waals surface area contributed by atoms with Crippen LogP contribution in [0.15, 0.2) is 90.1 Å². The van der Waals surface area contributed by atoms with E-state index in [1.807, 2.05) is 0 Å². The molecule has 0 saturated carbocycles. The molecule has 0 radical (unpaired) electrons. The van der Waals surface area contributed by atoms with Gasteiger partial charge in [-0.1, -0.05) is 12.1 Å². The molecule has 0 aliphatic rings. The van der Waals surface area contributed by atoms with E-state index < -0.39 is 34.2 Å². The van der Waals surface area contributed by atoms with Crippen LogP contribution in [0.1, 0.15) is 5.56 Å². The molecular formula is C25H20F3N3O4S. The minimum absolute atomic E-state index is 0.0273. The van der Waals surface area contributed by atoms with Crippen molar-refractivity contribution < 1.29 is 31.1 Å². The topological polar surface area (TPSA) is 88.6 Å². The number of carbonyl (C=O) groups excluding carboxylic acids is 1. The number of nitrogens with zero attached hydrogens (tertiary/aromatic N) is 2. The fraction of sp³-hybridized carbons (Fsp3) is 0.120. The number of benzene rings is 3. The Hall–Kier alpha value is -4.12. The molecule has 4 aromatic rings. The van der Waals surface area contributed by atoms with Crippen LogP contribution in [-0.4, -0.2) is 33.0 Å². The van der Waals surface area contributed by atoms with E-state index in [1.54, 1.807) is 30.3 Å². The van der Waals surface area contributed by atoms with Gasteiger partial charge in [0.05, 0.1) is 23.3 Å². The third-order valence-corrected chi connectivity index (χ3v) is 7.18. The first kappa shape index (κ1) is 25.0. The van der Waals surface area contributed by atoms with Crippen molar-refractivity contribution in [3.63, 3.8) is 0 Å². The first-order valence-electron chi connectivity index (χ1n) is 10.6. The number of methoxy groups -OCH3 is 1. The van der Waals surface area contributed by atoms with Crippen LogP contribution in [0.4, 0.5) is 24.5 Å². The number of pyridine rings is 1. The van der Waals surface area contributed by atoms with Gasteiger partial charge in [-0.15, -0.1) is 0 Å². The predicted octanol–water partition coefficient (Wildman–Crippen LogP) is 5.10. The van der Waals surface area contributed by atoms with Gasteiger partial charge < -0.3 is 10.1 Å². The lowest BCUT2D eigenvalue weighted by atomic mass is 10.2. The van der Waals surface area contributed by atoms with Gasteiger partial charge in [-0.25, -0.2) is 8.42 Å². The van der Waals surface area contributed by atoms with Gasteiger partial charge >= 0.3 is 6.18 Å². The Morgan fingerprint density at radius 1 is 1.00 bits per heavy atom. The summed E-state index contributed by atoms with van der Waals surface area (Å²) in [6.07, 6.45) is -1.52. The number of fused-ring (bicyclic) bond motifs is 1. The Kier molecular flexibility index (Phi) is 6.84. The number of carbonyl (C=O) groups is 1. The normalized spacial score (nSPS) is 11.8. The van der Waals surface area contributed by atoms with Crippen LogP contribution in [0.3, 0.4) is 0 Å². The van der Waals surface area contributed by atoms with Gasteiger partial charge in [-0.3, -0.25) is 14.1 Å². The number of alkyl halides is 3. The average molecular weight is 516 g/mol. The lowest BCUT2D eigenvalue weighted by Crippen LogP contribution is -2.38. The minimum atomic E-state index is -4.52. The summed E-state index contributed by atoms with van der Waals surface area (Å²) >= 11 is 0. The Labute approximate surface area is 205 Å². The first-order valence-corrected chi connectivity index (χ1v) is 12.0. The third kappa shape index (κ3) is 5.25. The van der Waals surface area contributed by atoms with Gasteiger partial charge in [-0.2, -0.15) is 13.2 Å². The number of ether oxygens (including phenoxy) is 1. The van der Waals surface area contributed by atoms with E-state index in [0.29, 0.717) is 16.5 Å². The third-order valence-electron chi connectivity index (χ3n) is 5.35. The number of halogens is 3. The maximum atomic E-state index is 13.8. The maximum absolute atomic E-state index is 13.8. The van der Waals surface area contributed by atoms with Crippen molar-refractivity contribution in [2.75, 3.05) is 23.3 Å². The second kappa shape index (κ2) is 9.86. The van der Waals surface area contributed by atoms with Crippen LogP contribution in [0.5, 0.6) is 5.75 Å². The number of amides is 1. The number of sulfonamides is 1. The van der Waals surface area contributed by atoms with Gasteiger partial charge in [0.15, 0.2) is 0 Å². The summed E-state index contributed by atoms with van der Waals surface area (Å²) in [6, 6.07) is 16.3. The Balaban J connectivity index is 1.69. The summed E-state index contributed by atoms with van der Waals surface area (Å²) in [4.78, 5) is 16.9. The highest BCUT2D eigenvalue weighted by Crippen LogP contribution is 2.31. The first-order chi connectivity index (χ1) is 17.1. The number of aromatic nitrogens is 1. The van der Waals surface area contributed by atoms with E-state index in [0.717, 1.165) is 28.6 Å². The molecule has 0 spiro atoms. The molecule has 0 fully saturated rings. The summed E-state index contributed by atoms with van der Waals surface area (Å²) in [5.74, 6) is -0.252. The Bertz CT molecular complexity index is 1480. The number of hydrogen-bond donors (Lipinski definition) is 1. The van der Waals surface area contributed by atoms with Gasteiger partial charge in [0, 0.05) is 28.9 Å². The summed E-state index contributed by atoms with van der Waals surface area (Å²) in [5.41, 5.74) is -0.575. The number of nitrogens with one attached hydrogen (secondary N) is 1. The second-order valence-corrected chi connectivity index (χ2v) is 9.52. The predicted molar refractivity (Wildman–Crippen MR) is 129 cm³/mol. The van der Waals surface area contributed by atoms with E-state index in [1.165, 1.54) is 37.7 Å². The molecule has 7 nitrogen and oxygen atoms in total. The van der Waals surface area contributed by atoms with Crippen molar-refractivity contribution in [1.29, 1.82) is 0 Å². The zero-order valence-corrected chi connectivity index (χ0v) is 19.7. The van der Waals surface area contributed by atoms with Gasteiger partial charge in [0.2, 0.25) is 5.91 Å². The van der Waals surface area contributed by atoms with E-state index in [-0.39, 0.29) is 16.3 Å². The highest BCUT2D eigenvalue weighted by molar-refractivity contribution is 7.93. The van der Waals surface area contributed by atoms with Crippen molar-refractivity contribution in [3.05, 3.63) is 90.8 Å². The summed E-state index contributed by atoms with van der Waals surface area (Å²) in [5, 5.41) is 3.48. The molecule has 4 rings (SSSR count). The molecule has 3 aromatic carbocycles. The molecule has 0 bridgehead atoms. The second-order valence-electron chi connectivity index (χ2n) is 7.69. The molecule has 0 saturated heterocycles. The van der Waals surface area contributed by atoms with Crippen LogP contribution in [0.25, 0.3) is 10.8 Å². The van der Waals surface area contributed by atoms with Crippen molar-refractivity contribution in [2.24, 2.45) is 0 Å². The highest BCUT2D eigenvalue weighted by Gasteiger charge is 2.31. The summed E-state index contributed by atoms with van der Waals surface area (Å²) in [6.45, 7) is -0.628. The van der Waals surface area contributed by atoms with Crippen LogP contribution in [-0.2, 0) is 21.0 Å².